The van der Waals surface area contributed by atoms with Crippen LogP contribution in [0.5, 0.6) is 0 Å². The highest BCUT2D eigenvalue weighted by Gasteiger charge is 2.10. The van der Waals surface area contributed by atoms with Crippen molar-refractivity contribution in [3.05, 3.63) is 11.4 Å². The monoisotopic (exact) mass is 266 g/mol. The highest BCUT2D eigenvalue weighted by Crippen LogP contribution is 2.19. The van der Waals surface area contributed by atoms with E-state index in [1.165, 1.54) is 0 Å². The summed E-state index contributed by atoms with van der Waals surface area (Å²) in [5, 5.41) is 5.72. The molecule has 0 atom stereocenters. The molecule has 0 bridgehead atoms. The minimum absolute atomic E-state index is 0.00911. The van der Waals surface area contributed by atoms with Gasteiger partial charge in [-0.25, -0.2) is 15.8 Å². The fourth-order valence-electron chi connectivity index (χ4n) is 1.63. The third-order valence-electron chi connectivity index (χ3n) is 2.73. The van der Waals surface area contributed by atoms with Crippen LogP contribution >= 0.6 is 0 Å². The normalized spacial score (nSPS) is 10.1. The number of amides is 1. The molecule has 0 saturated heterocycles. The number of hydrogen-bond acceptors (Lipinski definition) is 6. The third kappa shape index (κ3) is 4.36. The van der Waals surface area contributed by atoms with E-state index in [0.29, 0.717) is 18.8 Å². The first kappa shape index (κ1) is 15.2. The molecule has 0 spiro atoms. The Kier molecular flexibility index (Phi) is 6.01. The van der Waals surface area contributed by atoms with Gasteiger partial charge in [-0.3, -0.25) is 4.79 Å². The van der Waals surface area contributed by atoms with Crippen LogP contribution in [-0.2, 0) is 11.2 Å². The van der Waals surface area contributed by atoms with Gasteiger partial charge in [-0.2, -0.15) is 0 Å². The Morgan fingerprint density at radius 3 is 2.58 bits per heavy atom. The second-order valence-electron chi connectivity index (χ2n) is 4.21. The van der Waals surface area contributed by atoms with Crippen molar-refractivity contribution in [2.75, 3.05) is 24.3 Å². The lowest BCUT2D eigenvalue weighted by Crippen LogP contribution is -2.22. The third-order valence-corrected chi connectivity index (χ3v) is 2.73. The number of anilines is 2. The van der Waals surface area contributed by atoms with Crippen LogP contribution in [-0.4, -0.2) is 29.5 Å². The van der Waals surface area contributed by atoms with E-state index in [4.69, 9.17) is 5.84 Å². The Balaban J connectivity index is 2.79. The maximum absolute atomic E-state index is 11.2. The van der Waals surface area contributed by atoms with Gasteiger partial charge in [0.2, 0.25) is 5.91 Å². The largest absolute Gasteiger partial charge is 0.369 e. The van der Waals surface area contributed by atoms with Crippen LogP contribution in [0.2, 0.25) is 0 Å². The van der Waals surface area contributed by atoms with Crippen LogP contribution in [0.3, 0.4) is 0 Å². The number of nitrogen functional groups attached to an aromatic ring is 1. The summed E-state index contributed by atoms with van der Waals surface area (Å²) < 4.78 is 0. The molecular weight excluding hydrogens is 244 g/mol. The second-order valence-corrected chi connectivity index (χ2v) is 4.21. The number of nitrogens with one attached hydrogen (secondary N) is 3. The fourth-order valence-corrected chi connectivity index (χ4v) is 1.63. The Bertz CT molecular complexity index is 434. The van der Waals surface area contributed by atoms with E-state index >= 15 is 0 Å². The molecule has 5 N–H and O–H groups in total. The van der Waals surface area contributed by atoms with Crippen molar-refractivity contribution in [2.24, 2.45) is 5.84 Å². The van der Waals surface area contributed by atoms with E-state index in [9.17, 15) is 4.79 Å². The molecule has 0 fully saturated rings. The maximum atomic E-state index is 11.2. The second kappa shape index (κ2) is 7.52. The molecule has 0 aliphatic rings. The Labute approximate surface area is 113 Å². The lowest BCUT2D eigenvalue weighted by Gasteiger charge is -2.13. The SMILES string of the molecule is CCCc1nc(NN)c(C)c(NCCC(=O)NC)n1. The van der Waals surface area contributed by atoms with Crippen LogP contribution in [0, 0.1) is 6.92 Å². The molecule has 1 aromatic rings. The Hall–Kier alpha value is -1.89. The molecule has 19 heavy (non-hydrogen) atoms. The van der Waals surface area contributed by atoms with Crippen molar-refractivity contribution >= 4 is 17.5 Å². The number of aromatic nitrogens is 2. The highest BCUT2D eigenvalue weighted by atomic mass is 16.1. The molecule has 0 radical (unpaired) electrons. The number of carbonyl (C=O) groups excluding carboxylic acids is 1. The summed E-state index contributed by atoms with van der Waals surface area (Å²) in [6.45, 7) is 4.47. The average molecular weight is 266 g/mol. The molecule has 1 aromatic heterocycles. The van der Waals surface area contributed by atoms with E-state index in [-0.39, 0.29) is 5.91 Å². The Morgan fingerprint density at radius 2 is 2.00 bits per heavy atom. The van der Waals surface area contributed by atoms with Crippen LogP contribution in [0.15, 0.2) is 0 Å². The number of nitrogens with two attached hydrogens (primary N) is 1. The van der Waals surface area contributed by atoms with Gasteiger partial charge in [0.25, 0.3) is 0 Å². The molecule has 1 amide bonds. The summed E-state index contributed by atoms with van der Waals surface area (Å²) in [5.74, 6) is 7.51. The van der Waals surface area contributed by atoms with Crippen molar-refractivity contribution in [1.82, 2.24) is 15.3 Å². The van der Waals surface area contributed by atoms with E-state index in [2.05, 4.69) is 33.0 Å². The molecule has 0 aromatic carbocycles. The number of hydrogen-bond donors (Lipinski definition) is 4. The summed E-state index contributed by atoms with van der Waals surface area (Å²) >= 11 is 0. The van der Waals surface area contributed by atoms with Crippen molar-refractivity contribution in [2.45, 2.75) is 33.1 Å². The summed E-state index contributed by atoms with van der Waals surface area (Å²) in [6.07, 6.45) is 2.15. The van der Waals surface area contributed by atoms with E-state index in [1.807, 2.05) is 6.92 Å². The van der Waals surface area contributed by atoms with Crippen molar-refractivity contribution < 1.29 is 4.79 Å². The maximum Gasteiger partial charge on any atom is 0.221 e. The molecule has 106 valence electrons. The molecule has 1 rings (SSSR count). The van der Waals surface area contributed by atoms with E-state index in [1.54, 1.807) is 7.05 Å². The summed E-state index contributed by atoms with van der Waals surface area (Å²) in [7, 11) is 1.62. The standard InChI is InChI=1S/C12H22N6O/c1-4-5-9-16-11(8(2)12(17-9)18-13)15-7-6-10(19)14-3/h4-7,13H2,1-3H3,(H,14,19)(H2,15,16,17,18). The van der Waals surface area contributed by atoms with Gasteiger partial charge in [0.05, 0.1) is 0 Å². The van der Waals surface area contributed by atoms with Gasteiger partial charge >= 0.3 is 0 Å². The number of aryl methyl sites for hydroxylation is 1. The topological polar surface area (TPSA) is 105 Å². The van der Waals surface area contributed by atoms with Crippen molar-refractivity contribution in [3.63, 3.8) is 0 Å². The summed E-state index contributed by atoms with van der Waals surface area (Å²) in [6, 6.07) is 0. The zero-order valence-electron chi connectivity index (χ0n) is 11.7. The lowest BCUT2D eigenvalue weighted by atomic mass is 10.2. The highest BCUT2D eigenvalue weighted by molar-refractivity contribution is 5.76. The first-order valence-electron chi connectivity index (χ1n) is 6.40. The van der Waals surface area contributed by atoms with Crippen LogP contribution in [0.25, 0.3) is 0 Å². The van der Waals surface area contributed by atoms with Gasteiger partial charge in [0, 0.05) is 32.0 Å². The van der Waals surface area contributed by atoms with Crippen molar-refractivity contribution in [1.29, 1.82) is 0 Å². The zero-order chi connectivity index (χ0) is 14.3. The number of carbonyl (C=O) groups is 1. The van der Waals surface area contributed by atoms with Crippen LogP contribution in [0.4, 0.5) is 11.6 Å². The fraction of sp³-hybridized carbons (Fsp3) is 0.583. The Morgan fingerprint density at radius 1 is 1.32 bits per heavy atom. The average Bonchev–Trinajstić information content (AvgIpc) is 2.41. The molecule has 0 saturated carbocycles. The molecule has 1 heterocycles. The van der Waals surface area contributed by atoms with Gasteiger partial charge in [0.1, 0.15) is 17.5 Å². The smallest absolute Gasteiger partial charge is 0.221 e. The predicted molar refractivity (Wildman–Crippen MR) is 75.7 cm³/mol. The predicted octanol–water partition coefficient (Wildman–Crippen LogP) is 0.571. The molecule has 7 nitrogen and oxygen atoms in total. The van der Waals surface area contributed by atoms with Gasteiger partial charge in [-0.15, -0.1) is 0 Å². The summed E-state index contributed by atoms with van der Waals surface area (Å²) in [5.41, 5.74) is 3.42. The number of hydrazine groups is 1. The first-order chi connectivity index (χ1) is 9.12. The van der Waals surface area contributed by atoms with Crippen molar-refractivity contribution in [3.8, 4) is 0 Å². The van der Waals surface area contributed by atoms with Gasteiger partial charge < -0.3 is 16.1 Å². The van der Waals surface area contributed by atoms with Gasteiger partial charge in [-0.1, -0.05) is 6.92 Å². The van der Waals surface area contributed by atoms with E-state index < -0.39 is 0 Å². The minimum Gasteiger partial charge on any atom is -0.369 e. The number of nitrogens with zero attached hydrogens (tertiary/aromatic N) is 2. The molecule has 7 heteroatoms. The quantitative estimate of drug-likeness (QED) is 0.425. The molecular formula is C12H22N6O. The minimum atomic E-state index is -0.00911. The van der Waals surface area contributed by atoms with E-state index in [0.717, 1.165) is 30.0 Å². The molecule has 0 aliphatic carbocycles. The van der Waals surface area contributed by atoms with Crippen LogP contribution < -0.4 is 21.9 Å². The molecule has 0 aliphatic heterocycles. The number of rotatable bonds is 7. The molecule has 0 unspecified atom stereocenters. The first-order valence-corrected chi connectivity index (χ1v) is 6.40. The zero-order valence-corrected chi connectivity index (χ0v) is 11.7. The van der Waals surface area contributed by atoms with Gasteiger partial charge in [-0.05, 0) is 13.3 Å². The summed E-state index contributed by atoms with van der Waals surface area (Å²) in [4.78, 5) is 19.9. The van der Waals surface area contributed by atoms with Gasteiger partial charge in [0.15, 0.2) is 0 Å². The van der Waals surface area contributed by atoms with Crippen LogP contribution in [0.1, 0.15) is 31.2 Å². The lowest BCUT2D eigenvalue weighted by molar-refractivity contribution is -0.120.